The highest BCUT2D eigenvalue weighted by Gasteiger charge is 2.15. The van der Waals surface area contributed by atoms with Crippen molar-refractivity contribution in [3.05, 3.63) is 30.3 Å². The van der Waals surface area contributed by atoms with E-state index in [9.17, 15) is 8.42 Å². The highest BCUT2D eigenvalue weighted by molar-refractivity contribution is 7.86. The lowest BCUT2D eigenvalue weighted by Crippen LogP contribution is -2.31. The fraction of sp³-hybridized carbons (Fsp3) is 0.571. The minimum Gasteiger partial charge on any atom is -0.303 e. The molecule has 19 heavy (non-hydrogen) atoms. The third kappa shape index (κ3) is 4.60. The molecule has 0 aliphatic carbocycles. The average molecular weight is 283 g/mol. The Kier molecular flexibility index (Phi) is 5.36. The fourth-order valence-corrected chi connectivity index (χ4v) is 3.26. The number of hydrogen-bond acceptors (Lipinski definition) is 4. The molecule has 1 heterocycles. The van der Waals surface area contributed by atoms with Gasteiger partial charge in [0.15, 0.2) is 0 Å². The second-order valence-corrected chi connectivity index (χ2v) is 6.46. The standard InChI is InChI=1S/C14H21NO3S/c16-19(17,14-8-3-1-4-9-14)18-13-7-12-15-10-5-2-6-11-15/h1,3-4,8-9H,2,5-7,10-13H2. The Hall–Kier alpha value is -0.910. The summed E-state index contributed by atoms with van der Waals surface area (Å²) in [6, 6.07) is 8.29. The zero-order valence-electron chi connectivity index (χ0n) is 11.1. The van der Waals surface area contributed by atoms with Crippen molar-refractivity contribution >= 4 is 10.1 Å². The highest BCUT2D eigenvalue weighted by atomic mass is 32.2. The van der Waals surface area contributed by atoms with Crippen LogP contribution in [-0.4, -0.2) is 39.6 Å². The number of rotatable bonds is 6. The lowest BCUT2D eigenvalue weighted by atomic mass is 10.1. The molecule has 0 atom stereocenters. The summed E-state index contributed by atoms with van der Waals surface area (Å²) in [6.07, 6.45) is 4.58. The van der Waals surface area contributed by atoms with Gasteiger partial charge in [-0.05, 0) is 44.5 Å². The summed E-state index contributed by atoms with van der Waals surface area (Å²) >= 11 is 0. The van der Waals surface area contributed by atoms with Crippen LogP contribution in [0.15, 0.2) is 35.2 Å². The third-order valence-electron chi connectivity index (χ3n) is 3.34. The molecule has 0 spiro atoms. The van der Waals surface area contributed by atoms with Gasteiger partial charge in [0.2, 0.25) is 0 Å². The second kappa shape index (κ2) is 7.03. The predicted octanol–water partition coefficient (Wildman–Crippen LogP) is 2.27. The molecule has 4 nitrogen and oxygen atoms in total. The van der Waals surface area contributed by atoms with Crippen LogP contribution in [0.25, 0.3) is 0 Å². The molecule has 1 aromatic rings. The summed E-state index contributed by atoms with van der Waals surface area (Å²) < 4.78 is 28.7. The molecule has 0 saturated carbocycles. The van der Waals surface area contributed by atoms with Gasteiger partial charge in [-0.1, -0.05) is 24.6 Å². The van der Waals surface area contributed by atoms with Gasteiger partial charge in [-0.25, -0.2) is 0 Å². The van der Waals surface area contributed by atoms with Crippen LogP contribution >= 0.6 is 0 Å². The molecule has 1 saturated heterocycles. The van der Waals surface area contributed by atoms with E-state index in [1.165, 1.54) is 19.3 Å². The largest absolute Gasteiger partial charge is 0.303 e. The zero-order chi connectivity index (χ0) is 13.6. The third-order valence-corrected chi connectivity index (χ3v) is 4.66. The molecule has 1 fully saturated rings. The van der Waals surface area contributed by atoms with Crippen LogP contribution < -0.4 is 0 Å². The van der Waals surface area contributed by atoms with Gasteiger partial charge in [-0.2, -0.15) is 8.42 Å². The van der Waals surface area contributed by atoms with Crippen LogP contribution in [0.3, 0.4) is 0 Å². The van der Waals surface area contributed by atoms with Gasteiger partial charge in [-0.15, -0.1) is 0 Å². The van der Waals surface area contributed by atoms with Crippen molar-refractivity contribution in [2.75, 3.05) is 26.2 Å². The summed E-state index contributed by atoms with van der Waals surface area (Å²) in [6.45, 7) is 3.44. The van der Waals surface area contributed by atoms with Crippen molar-refractivity contribution in [2.24, 2.45) is 0 Å². The molecular weight excluding hydrogens is 262 g/mol. The van der Waals surface area contributed by atoms with Crippen LogP contribution in [0.2, 0.25) is 0 Å². The Balaban J connectivity index is 1.73. The van der Waals surface area contributed by atoms with Crippen molar-refractivity contribution in [2.45, 2.75) is 30.6 Å². The van der Waals surface area contributed by atoms with E-state index in [0.29, 0.717) is 0 Å². The van der Waals surface area contributed by atoms with Crippen molar-refractivity contribution in [1.82, 2.24) is 4.90 Å². The molecule has 0 unspecified atom stereocenters. The number of likely N-dealkylation sites (tertiary alicyclic amines) is 1. The van der Waals surface area contributed by atoms with Crippen molar-refractivity contribution in [3.63, 3.8) is 0 Å². The molecular formula is C14H21NO3S. The van der Waals surface area contributed by atoms with Crippen LogP contribution in [0.5, 0.6) is 0 Å². The SMILES string of the molecule is O=S(=O)(OCCCN1CCCCC1)c1ccccc1. The van der Waals surface area contributed by atoms with E-state index in [1.54, 1.807) is 30.3 Å². The second-order valence-electron chi connectivity index (χ2n) is 4.85. The summed E-state index contributed by atoms with van der Waals surface area (Å²) in [5.41, 5.74) is 0. The Bertz CT molecular complexity index is 467. The summed E-state index contributed by atoms with van der Waals surface area (Å²) in [4.78, 5) is 2.61. The van der Waals surface area contributed by atoms with Crippen molar-refractivity contribution in [3.8, 4) is 0 Å². The van der Waals surface area contributed by atoms with Gasteiger partial charge in [0.1, 0.15) is 0 Å². The molecule has 0 radical (unpaired) electrons. The number of piperidine rings is 1. The molecule has 1 aliphatic heterocycles. The summed E-state index contributed by atoms with van der Waals surface area (Å²) in [5.74, 6) is 0. The maximum Gasteiger partial charge on any atom is 0.296 e. The molecule has 106 valence electrons. The molecule has 5 heteroatoms. The van der Waals surface area contributed by atoms with E-state index in [1.807, 2.05) is 0 Å². The van der Waals surface area contributed by atoms with Gasteiger partial charge in [0, 0.05) is 6.54 Å². The molecule has 1 aliphatic rings. The van der Waals surface area contributed by atoms with Crippen LogP contribution in [0.1, 0.15) is 25.7 Å². The number of benzene rings is 1. The van der Waals surface area contributed by atoms with Crippen LogP contribution in [-0.2, 0) is 14.3 Å². The smallest absolute Gasteiger partial charge is 0.296 e. The molecule has 0 bridgehead atoms. The van der Waals surface area contributed by atoms with Crippen molar-refractivity contribution in [1.29, 1.82) is 0 Å². The number of hydrogen-bond donors (Lipinski definition) is 0. The Labute approximate surface area is 115 Å². The Morgan fingerprint density at radius 2 is 1.74 bits per heavy atom. The molecule has 2 rings (SSSR count). The Morgan fingerprint density at radius 3 is 2.42 bits per heavy atom. The first-order valence-electron chi connectivity index (χ1n) is 6.85. The average Bonchev–Trinajstić information content (AvgIpc) is 2.46. The lowest BCUT2D eigenvalue weighted by Gasteiger charge is -2.26. The highest BCUT2D eigenvalue weighted by Crippen LogP contribution is 2.12. The van der Waals surface area contributed by atoms with E-state index >= 15 is 0 Å². The van der Waals surface area contributed by atoms with Crippen LogP contribution in [0, 0.1) is 0 Å². The minimum atomic E-state index is -3.58. The van der Waals surface area contributed by atoms with Gasteiger partial charge >= 0.3 is 0 Å². The van der Waals surface area contributed by atoms with Crippen molar-refractivity contribution < 1.29 is 12.6 Å². The maximum atomic E-state index is 11.8. The summed E-state index contributed by atoms with van der Waals surface area (Å²) in [7, 11) is -3.58. The van der Waals surface area contributed by atoms with E-state index in [2.05, 4.69) is 4.90 Å². The maximum absolute atomic E-state index is 11.8. The predicted molar refractivity (Wildman–Crippen MR) is 74.5 cm³/mol. The normalized spacial score (nSPS) is 17.5. The van der Waals surface area contributed by atoms with E-state index in [-0.39, 0.29) is 11.5 Å². The van der Waals surface area contributed by atoms with Crippen LogP contribution in [0.4, 0.5) is 0 Å². The first-order valence-corrected chi connectivity index (χ1v) is 8.26. The first kappa shape index (κ1) is 14.5. The quantitative estimate of drug-likeness (QED) is 0.593. The molecule has 0 N–H and O–H groups in total. The lowest BCUT2D eigenvalue weighted by molar-refractivity contribution is 0.206. The minimum absolute atomic E-state index is 0.230. The molecule has 0 aromatic heterocycles. The zero-order valence-corrected chi connectivity index (χ0v) is 11.9. The topological polar surface area (TPSA) is 46.6 Å². The van der Waals surface area contributed by atoms with Gasteiger partial charge in [0.25, 0.3) is 10.1 Å². The Morgan fingerprint density at radius 1 is 1.05 bits per heavy atom. The van der Waals surface area contributed by atoms with Gasteiger partial charge in [-0.3, -0.25) is 4.18 Å². The molecule has 1 aromatic carbocycles. The van der Waals surface area contributed by atoms with Gasteiger partial charge in [0.05, 0.1) is 11.5 Å². The molecule has 0 amide bonds. The van der Waals surface area contributed by atoms with E-state index < -0.39 is 10.1 Å². The first-order chi connectivity index (χ1) is 9.18. The monoisotopic (exact) mass is 283 g/mol. The van der Waals surface area contributed by atoms with E-state index in [4.69, 9.17) is 4.18 Å². The fourth-order valence-electron chi connectivity index (χ4n) is 2.30. The van der Waals surface area contributed by atoms with E-state index in [0.717, 1.165) is 26.1 Å². The summed E-state index contributed by atoms with van der Waals surface area (Å²) in [5, 5.41) is 0. The number of nitrogens with zero attached hydrogens (tertiary/aromatic N) is 1. The van der Waals surface area contributed by atoms with Gasteiger partial charge < -0.3 is 4.90 Å².